The predicted octanol–water partition coefficient (Wildman–Crippen LogP) is 4.52. The molecule has 0 fully saturated rings. The largest absolute Gasteiger partial charge is 0.489 e. The number of hydrogen-bond acceptors (Lipinski definition) is 2. The zero-order valence-electron chi connectivity index (χ0n) is 12.3. The fraction of sp³-hybridized carbons (Fsp3) is 0.333. The molecule has 0 saturated heterocycles. The lowest BCUT2D eigenvalue weighted by molar-refractivity contribution is 0.243. The summed E-state index contributed by atoms with van der Waals surface area (Å²) in [7, 11) is 0. The van der Waals surface area contributed by atoms with Crippen LogP contribution in [0.25, 0.3) is 0 Å². The van der Waals surface area contributed by atoms with Crippen molar-refractivity contribution >= 4 is 5.69 Å². The van der Waals surface area contributed by atoms with Gasteiger partial charge in [0, 0.05) is 6.54 Å². The molecule has 1 N–H and O–H groups in total. The maximum absolute atomic E-state index is 5.80. The van der Waals surface area contributed by atoms with E-state index in [-0.39, 0.29) is 6.10 Å². The van der Waals surface area contributed by atoms with Crippen molar-refractivity contribution in [2.24, 2.45) is 0 Å². The van der Waals surface area contributed by atoms with Gasteiger partial charge in [-0.25, -0.2) is 0 Å². The zero-order chi connectivity index (χ0) is 14.2. The normalized spacial score (nSPS) is 10.6. The van der Waals surface area contributed by atoms with Gasteiger partial charge < -0.3 is 10.1 Å². The summed E-state index contributed by atoms with van der Waals surface area (Å²) in [5, 5.41) is 3.46. The number of anilines is 1. The number of benzene rings is 2. The van der Waals surface area contributed by atoms with Crippen LogP contribution in [0.5, 0.6) is 5.75 Å². The molecular formula is C18H23NO. The molecule has 106 valence electrons. The lowest BCUT2D eigenvalue weighted by Gasteiger charge is -2.15. The van der Waals surface area contributed by atoms with Gasteiger partial charge in [-0.1, -0.05) is 42.5 Å². The third kappa shape index (κ3) is 4.61. The number of para-hydroxylation sites is 2. The Bertz CT molecular complexity index is 508. The SMILES string of the molecule is CC(C)Oc1ccccc1NCCCc1ccccc1. The Morgan fingerprint density at radius 2 is 1.65 bits per heavy atom. The maximum atomic E-state index is 5.80. The fourth-order valence-electron chi connectivity index (χ4n) is 2.13. The van der Waals surface area contributed by atoms with Crippen LogP contribution in [-0.2, 0) is 6.42 Å². The van der Waals surface area contributed by atoms with Crippen molar-refractivity contribution in [3.8, 4) is 5.75 Å². The van der Waals surface area contributed by atoms with Gasteiger partial charge in [0.2, 0.25) is 0 Å². The molecule has 0 radical (unpaired) electrons. The molecule has 2 rings (SSSR count). The molecule has 2 aromatic carbocycles. The highest BCUT2D eigenvalue weighted by Crippen LogP contribution is 2.24. The first kappa shape index (κ1) is 14.4. The van der Waals surface area contributed by atoms with Crippen LogP contribution >= 0.6 is 0 Å². The van der Waals surface area contributed by atoms with E-state index in [1.807, 2.05) is 32.0 Å². The maximum Gasteiger partial charge on any atom is 0.142 e. The Kier molecular flexibility index (Phi) is 5.48. The van der Waals surface area contributed by atoms with E-state index in [2.05, 4.69) is 41.7 Å². The second kappa shape index (κ2) is 7.59. The lowest BCUT2D eigenvalue weighted by atomic mass is 10.1. The minimum atomic E-state index is 0.197. The molecule has 0 aliphatic heterocycles. The summed E-state index contributed by atoms with van der Waals surface area (Å²) in [6, 6.07) is 18.7. The highest BCUT2D eigenvalue weighted by atomic mass is 16.5. The summed E-state index contributed by atoms with van der Waals surface area (Å²) in [6.07, 6.45) is 2.41. The van der Waals surface area contributed by atoms with Gasteiger partial charge in [0.15, 0.2) is 0 Å². The minimum Gasteiger partial charge on any atom is -0.489 e. The summed E-state index contributed by atoms with van der Waals surface area (Å²) in [6.45, 7) is 5.05. The Balaban J connectivity index is 1.82. The van der Waals surface area contributed by atoms with Gasteiger partial charge in [-0.2, -0.15) is 0 Å². The van der Waals surface area contributed by atoms with E-state index in [0.29, 0.717) is 0 Å². The van der Waals surface area contributed by atoms with Crippen LogP contribution in [0.4, 0.5) is 5.69 Å². The second-order valence-electron chi connectivity index (χ2n) is 5.18. The van der Waals surface area contributed by atoms with Crippen LogP contribution in [-0.4, -0.2) is 12.6 Å². The topological polar surface area (TPSA) is 21.3 Å². The van der Waals surface area contributed by atoms with Crippen molar-refractivity contribution in [3.63, 3.8) is 0 Å². The molecular weight excluding hydrogens is 246 g/mol. The van der Waals surface area contributed by atoms with Gasteiger partial charge in [0.25, 0.3) is 0 Å². The van der Waals surface area contributed by atoms with Crippen LogP contribution in [0.3, 0.4) is 0 Å². The average molecular weight is 269 g/mol. The summed E-state index contributed by atoms with van der Waals surface area (Å²) in [5.74, 6) is 0.933. The van der Waals surface area contributed by atoms with Crippen molar-refractivity contribution in [2.75, 3.05) is 11.9 Å². The number of nitrogens with one attached hydrogen (secondary N) is 1. The van der Waals surface area contributed by atoms with Crippen LogP contribution in [0.2, 0.25) is 0 Å². The molecule has 0 spiro atoms. The van der Waals surface area contributed by atoms with Gasteiger partial charge in [-0.05, 0) is 44.4 Å². The number of aryl methyl sites for hydroxylation is 1. The molecule has 0 unspecified atom stereocenters. The van der Waals surface area contributed by atoms with E-state index in [1.54, 1.807) is 0 Å². The van der Waals surface area contributed by atoms with Gasteiger partial charge >= 0.3 is 0 Å². The number of ether oxygens (including phenoxy) is 1. The third-order valence-corrected chi connectivity index (χ3v) is 3.05. The predicted molar refractivity (Wildman–Crippen MR) is 85.5 cm³/mol. The van der Waals surface area contributed by atoms with Gasteiger partial charge in [0.1, 0.15) is 5.75 Å². The quantitative estimate of drug-likeness (QED) is 0.746. The molecule has 0 aliphatic carbocycles. The summed E-state index contributed by atoms with van der Waals surface area (Å²) in [4.78, 5) is 0. The van der Waals surface area contributed by atoms with Crippen molar-refractivity contribution in [1.29, 1.82) is 0 Å². The Hall–Kier alpha value is -1.96. The van der Waals surface area contributed by atoms with E-state index in [1.165, 1.54) is 5.56 Å². The molecule has 20 heavy (non-hydrogen) atoms. The number of rotatable bonds is 7. The van der Waals surface area contributed by atoms with E-state index < -0.39 is 0 Å². The molecule has 0 heterocycles. The molecule has 0 aliphatic rings. The Morgan fingerprint density at radius 3 is 2.40 bits per heavy atom. The smallest absolute Gasteiger partial charge is 0.142 e. The van der Waals surface area contributed by atoms with Crippen LogP contribution < -0.4 is 10.1 Å². The van der Waals surface area contributed by atoms with Crippen molar-refractivity contribution in [3.05, 3.63) is 60.2 Å². The lowest BCUT2D eigenvalue weighted by Crippen LogP contribution is -2.09. The first-order valence-electron chi connectivity index (χ1n) is 7.29. The van der Waals surface area contributed by atoms with Crippen LogP contribution in [0, 0.1) is 0 Å². The third-order valence-electron chi connectivity index (χ3n) is 3.05. The fourth-order valence-corrected chi connectivity index (χ4v) is 2.13. The highest BCUT2D eigenvalue weighted by Gasteiger charge is 2.03. The molecule has 0 amide bonds. The number of hydrogen-bond donors (Lipinski definition) is 1. The second-order valence-corrected chi connectivity index (χ2v) is 5.18. The highest BCUT2D eigenvalue weighted by molar-refractivity contribution is 5.56. The van der Waals surface area contributed by atoms with E-state index >= 15 is 0 Å². The Labute approximate surface area is 121 Å². The van der Waals surface area contributed by atoms with Gasteiger partial charge in [-0.15, -0.1) is 0 Å². The monoisotopic (exact) mass is 269 g/mol. The molecule has 2 heteroatoms. The van der Waals surface area contributed by atoms with Crippen molar-refractivity contribution in [2.45, 2.75) is 32.8 Å². The molecule has 0 aromatic heterocycles. The molecule has 0 bridgehead atoms. The first-order valence-corrected chi connectivity index (χ1v) is 7.29. The average Bonchev–Trinajstić information content (AvgIpc) is 2.46. The zero-order valence-corrected chi connectivity index (χ0v) is 12.3. The summed E-state index contributed by atoms with van der Waals surface area (Å²) in [5.41, 5.74) is 2.47. The Morgan fingerprint density at radius 1 is 0.950 bits per heavy atom. The molecule has 0 atom stereocenters. The van der Waals surface area contributed by atoms with Crippen molar-refractivity contribution in [1.82, 2.24) is 0 Å². The summed E-state index contributed by atoms with van der Waals surface area (Å²) >= 11 is 0. The van der Waals surface area contributed by atoms with Crippen LogP contribution in [0.15, 0.2) is 54.6 Å². The first-order chi connectivity index (χ1) is 9.75. The van der Waals surface area contributed by atoms with Gasteiger partial charge in [-0.3, -0.25) is 0 Å². The van der Waals surface area contributed by atoms with E-state index in [4.69, 9.17) is 4.74 Å². The molecule has 2 aromatic rings. The minimum absolute atomic E-state index is 0.197. The standard InChI is InChI=1S/C18H23NO/c1-15(2)20-18-13-7-6-12-17(18)19-14-8-11-16-9-4-3-5-10-16/h3-7,9-10,12-13,15,19H,8,11,14H2,1-2H3. The molecule has 2 nitrogen and oxygen atoms in total. The summed E-state index contributed by atoms with van der Waals surface area (Å²) < 4.78 is 5.80. The van der Waals surface area contributed by atoms with E-state index in [0.717, 1.165) is 30.8 Å². The van der Waals surface area contributed by atoms with Crippen LogP contribution in [0.1, 0.15) is 25.8 Å². The van der Waals surface area contributed by atoms with Gasteiger partial charge in [0.05, 0.1) is 11.8 Å². The van der Waals surface area contributed by atoms with Crippen molar-refractivity contribution < 1.29 is 4.74 Å². The van der Waals surface area contributed by atoms with E-state index in [9.17, 15) is 0 Å². The molecule has 0 saturated carbocycles.